The molecule has 3 aromatic rings. The Balaban J connectivity index is 1.95. The van der Waals surface area contributed by atoms with Crippen molar-refractivity contribution >= 4 is 34.6 Å². The fourth-order valence-corrected chi connectivity index (χ4v) is 3.73. The molecule has 150 valence electrons. The molecule has 0 radical (unpaired) electrons. The number of halogens is 2. The third kappa shape index (κ3) is 3.19. The van der Waals surface area contributed by atoms with Crippen LogP contribution in [0.25, 0.3) is 0 Å². The predicted octanol–water partition coefficient (Wildman–Crippen LogP) is 3.81. The van der Waals surface area contributed by atoms with E-state index in [0.717, 1.165) is 0 Å². The number of anilines is 3. The molecule has 1 aromatic heterocycles. The molecule has 1 aliphatic heterocycles. The molecular weight excluding hydrogens is 409 g/mol. The van der Waals surface area contributed by atoms with E-state index in [1.54, 1.807) is 30.9 Å². The lowest BCUT2D eigenvalue weighted by molar-refractivity contribution is 0.0983. The van der Waals surface area contributed by atoms with Gasteiger partial charge >= 0.3 is 5.69 Å². The maximum atomic E-state index is 13.7. The Morgan fingerprint density at radius 2 is 1.90 bits per heavy atom. The van der Waals surface area contributed by atoms with Gasteiger partial charge in [-0.1, -0.05) is 11.6 Å². The van der Waals surface area contributed by atoms with Crippen molar-refractivity contribution in [2.45, 2.75) is 13.8 Å². The van der Waals surface area contributed by atoms with Gasteiger partial charge in [-0.25, -0.2) is 9.18 Å². The lowest BCUT2D eigenvalue weighted by atomic mass is 10.0. The maximum absolute atomic E-state index is 13.7. The summed E-state index contributed by atoms with van der Waals surface area (Å²) in [6, 6.07) is 9.35. The first-order chi connectivity index (χ1) is 14.3. The Bertz CT molecular complexity index is 1300. The van der Waals surface area contributed by atoms with Crippen molar-refractivity contribution in [1.29, 1.82) is 5.26 Å². The van der Waals surface area contributed by atoms with Crippen LogP contribution in [0.15, 0.2) is 41.3 Å². The number of H-pyrrole nitrogens is 1. The number of hydrogen-bond acceptors (Lipinski definition) is 5. The summed E-state index contributed by atoms with van der Waals surface area (Å²) in [4.78, 5) is 34.4. The molecule has 30 heavy (non-hydrogen) atoms. The largest absolute Gasteiger partial charge is 0.345 e. The molecule has 4 rings (SSSR count). The van der Waals surface area contributed by atoms with Crippen LogP contribution in [0.4, 0.5) is 21.5 Å². The van der Waals surface area contributed by atoms with Crippen LogP contribution in [-0.4, -0.2) is 22.5 Å². The highest BCUT2D eigenvalue weighted by Crippen LogP contribution is 2.39. The first-order valence-electron chi connectivity index (χ1n) is 8.95. The molecule has 1 aliphatic rings. The highest BCUT2D eigenvalue weighted by Gasteiger charge is 2.33. The van der Waals surface area contributed by atoms with Crippen LogP contribution in [0.3, 0.4) is 0 Å². The third-order valence-electron chi connectivity index (χ3n) is 4.98. The van der Waals surface area contributed by atoms with Crippen LogP contribution in [0, 0.1) is 31.0 Å². The Morgan fingerprint density at radius 3 is 2.57 bits per heavy atom. The molecule has 0 aliphatic carbocycles. The molecule has 0 spiro atoms. The highest BCUT2D eigenvalue weighted by molar-refractivity contribution is 6.32. The predicted molar refractivity (Wildman–Crippen MR) is 111 cm³/mol. The van der Waals surface area contributed by atoms with E-state index in [2.05, 4.69) is 9.97 Å². The Labute approximate surface area is 176 Å². The number of nitrogens with one attached hydrogen (secondary N) is 1. The van der Waals surface area contributed by atoms with Crippen molar-refractivity contribution in [2.24, 2.45) is 0 Å². The van der Waals surface area contributed by atoms with Gasteiger partial charge in [-0.05, 0) is 49.7 Å². The third-order valence-corrected chi connectivity index (χ3v) is 5.29. The van der Waals surface area contributed by atoms with Crippen LogP contribution < -0.4 is 15.5 Å². The zero-order valence-electron chi connectivity index (χ0n) is 16.0. The van der Waals surface area contributed by atoms with Gasteiger partial charge in [-0.15, -0.1) is 0 Å². The van der Waals surface area contributed by atoms with Gasteiger partial charge in [-0.3, -0.25) is 9.69 Å². The van der Waals surface area contributed by atoms with Crippen LogP contribution in [0.5, 0.6) is 0 Å². The normalized spacial score (nSPS) is 13.2. The van der Waals surface area contributed by atoms with E-state index in [4.69, 9.17) is 11.6 Å². The summed E-state index contributed by atoms with van der Waals surface area (Å²) in [6.45, 7) is 3.49. The summed E-state index contributed by atoms with van der Waals surface area (Å²) in [5, 5.41) is 9.54. The molecule has 0 unspecified atom stereocenters. The number of aryl methyl sites for hydroxylation is 2. The maximum Gasteiger partial charge on any atom is 0.345 e. The summed E-state index contributed by atoms with van der Waals surface area (Å²) >= 11 is 6.20. The molecule has 0 atom stereocenters. The van der Waals surface area contributed by atoms with Crippen LogP contribution in [-0.2, 0) is 0 Å². The van der Waals surface area contributed by atoms with Crippen LogP contribution in [0.2, 0.25) is 5.02 Å². The Morgan fingerprint density at radius 1 is 1.13 bits per heavy atom. The summed E-state index contributed by atoms with van der Waals surface area (Å²) in [7, 11) is 0. The minimum absolute atomic E-state index is 0.0688. The quantitative estimate of drug-likeness (QED) is 0.676. The molecule has 7 nitrogen and oxygen atoms in total. The van der Waals surface area contributed by atoms with Gasteiger partial charge in [0.1, 0.15) is 18.6 Å². The molecule has 1 amide bonds. The SMILES string of the molecule is Cc1cc(F)ccc1N1CN(c2cnc(=O)[nH]c2C)C(=O)c2cc(Cl)c(C#N)cc21. The zero-order valence-corrected chi connectivity index (χ0v) is 16.8. The van der Waals surface area contributed by atoms with Gasteiger partial charge in [0.25, 0.3) is 5.91 Å². The number of fused-ring (bicyclic) bond motifs is 1. The summed E-state index contributed by atoms with van der Waals surface area (Å²) < 4.78 is 13.7. The van der Waals surface area contributed by atoms with Gasteiger partial charge in [0, 0.05) is 11.4 Å². The van der Waals surface area contributed by atoms with Gasteiger partial charge < -0.3 is 9.88 Å². The number of carbonyl (C=O) groups excluding carboxylic acids is 1. The molecule has 0 saturated heterocycles. The molecule has 2 heterocycles. The van der Waals surface area contributed by atoms with E-state index < -0.39 is 5.69 Å². The van der Waals surface area contributed by atoms with E-state index in [1.165, 1.54) is 29.3 Å². The monoisotopic (exact) mass is 423 g/mol. The Hall–Kier alpha value is -3.70. The summed E-state index contributed by atoms with van der Waals surface area (Å²) in [6.07, 6.45) is 1.33. The van der Waals surface area contributed by atoms with Crippen LogP contribution in [0.1, 0.15) is 27.2 Å². The van der Waals surface area contributed by atoms with Crippen molar-refractivity contribution in [3.8, 4) is 6.07 Å². The van der Waals surface area contributed by atoms with E-state index in [9.17, 15) is 19.2 Å². The average Bonchev–Trinajstić information content (AvgIpc) is 2.69. The van der Waals surface area contributed by atoms with Crippen molar-refractivity contribution in [2.75, 3.05) is 16.5 Å². The first kappa shape index (κ1) is 19.6. The molecule has 2 aromatic carbocycles. The second kappa shape index (κ2) is 7.28. The molecule has 0 fully saturated rings. The summed E-state index contributed by atoms with van der Waals surface area (Å²) in [5.41, 5.74) is 2.69. The van der Waals surface area contributed by atoms with E-state index in [0.29, 0.717) is 28.3 Å². The minimum Gasteiger partial charge on any atom is -0.322 e. The fraction of sp³-hybridized carbons (Fsp3) is 0.143. The second-order valence-electron chi connectivity index (χ2n) is 6.89. The molecule has 9 heteroatoms. The highest BCUT2D eigenvalue weighted by atomic mass is 35.5. The number of amides is 1. The topological polar surface area (TPSA) is 93.1 Å². The smallest absolute Gasteiger partial charge is 0.322 e. The fourth-order valence-electron chi connectivity index (χ4n) is 3.53. The molecule has 0 bridgehead atoms. The number of rotatable bonds is 2. The second-order valence-corrected chi connectivity index (χ2v) is 7.30. The van der Waals surface area contributed by atoms with Crippen LogP contribution >= 0.6 is 11.6 Å². The van der Waals surface area contributed by atoms with Crippen molar-refractivity contribution < 1.29 is 9.18 Å². The van der Waals surface area contributed by atoms with Crippen molar-refractivity contribution in [3.63, 3.8) is 0 Å². The number of benzene rings is 2. The van der Waals surface area contributed by atoms with Gasteiger partial charge in [0.2, 0.25) is 0 Å². The standard InChI is InChI=1S/C21H15ClFN5O2/c1-11-5-14(23)3-4-17(11)27-10-28(19-9-25-21(30)26-12(19)2)20(29)15-7-16(22)13(8-24)6-18(15)27/h3-7,9H,10H2,1-2H3,(H,25,26,30). The lowest BCUT2D eigenvalue weighted by Gasteiger charge is -2.39. The number of nitriles is 1. The molecule has 0 saturated carbocycles. The van der Waals surface area contributed by atoms with Gasteiger partial charge in [0.05, 0.1) is 33.7 Å². The minimum atomic E-state index is -0.519. The van der Waals surface area contributed by atoms with E-state index >= 15 is 0 Å². The van der Waals surface area contributed by atoms with E-state index in [1.807, 2.05) is 6.07 Å². The number of aromatic amines is 1. The molecule has 1 N–H and O–H groups in total. The molecular formula is C21H15ClFN5O2. The van der Waals surface area contributed by atoms with Gasteiger partial charge in [-0.2, -0.15) is 10.2 Å². The van der Waals surface area contributed by atoms with Crippen molar-refractivity contribution in [3.05, 3.63) is 80.2 Å². The van der Waals surface area contributed by atoms with Gasteiger partial charge in [0.15, 0.2) is 0 Å². The number of nitrogens with zero attached hydrogens (tertiary/aromatic N) is 4. The number of hydrogen-bond donors (Lipinski definition) is 1. The zero-order chi connectivity index (χ0) is 21.6. The first-order valence-corrected chi connectivity index (χ1v) is 9.33. The Kier molecular flexibility index (Phi) is 4.76. The van der Waals surface area contributed by atoms with E-state index in [-0.39, 0.29) is 34.5 Å². The number of carbonyl (C=O) groups is 1. The lowest BCUT2D eigenvalue weighted by Crippen LogP contribution is -2.46. The summed E-state index contributed by atoms with van der Waals surface area (Å²) in [5.74, 6) is -0.736. The average molecular weight is 424 g/mol. The van der Waals surface area contributed by atoms with Crippen molar-refractivity contribution in [1.82, 2.24) is 9.97 Å². The number of aromatic nitrogens is 2.